The van der Waals surface area contributed by atoms with E-state index in [0.29, 0.717) is 24.7 Å². The molecule has 0 saturated heterocycles. The summed E-state index contributed by atoms with van der Waals surface area (Å²) < 4.78 is 40.8. The number of hydrogen-bond acceptors (Lipinski definition) is 5. The second-order valence-electron chi connectivity index (χ2n) is 5.96. The van der Waals surface area contributed by atoms with Crippen LogP contribution in [0.3, 0.4) is 0 Å². The van der Waals surface area contributed by atoms with Crippen LogP contribution in [0.1, 0.15) is 29.5 Å². The number of guanidine groups is 1. The number of nitrogens with one attached hydrogen (secondary N) is 2. The van der Waals surface area contributed by atoms with E-state index >= 15 is 0 Å². The van der Waals surface area contributed by atoms with Gasteiger partial charge in [0.2, 0.25) is 0 Å². The Balaban J connectivity index is 1.98. The summed E-state index contributed by atoms with van der Waals surface area (Å²) in [5, 5.41) is 10.2. The predicted molar refractivity (Wildman–Crippen MR) is 102 cm³/mol. The molecule has 154 valence electrons. The number of nitrogens with zero attached hydrogens (tertiary/aromatic N) is 2. The number of aromatic nitrogens is 1. The highest BCUT2D eigenvalue weighted by Crippen LogP contribution is 2.32. The number of alkyl halides is 2. The van der Waals surface area contributed by atoms with E-state index in [9.17, 15) is 8.78 Å². The van der Waals surface area contributed by atoms with Crippen LogP contribution in [0.5, 0.6) is 11.5 Å². The summed E-state index contributed by atoms with van der Waals surface area (Å²) in [4.78, 5) is 4.15. The molecule has 1 aromatic carbocycles. The maximum Gasteiger partial charge on any atom is 0.387 e. The van der Waals surface area contributed by atoms with E-state index in [4.69, 9.17) is 9.26 Å². The molecule has 0 unspecified atom stereocenters. The average Bonchev–Trinajstić information content (AvgIpc) is 2.98. The molecule has 28 heavy (non-hydrogen) atoms. The Morgan fingerprint density at radius 3 is 2.68 bits per heavy atom. The summed E-state index contributed by atoms with van der Waals surface area (Å²) in [5.41, 5.74) is 2.46. The first-order chi connectivity index (χ1) is 13.5. The molecule has 1 aromatic heterocycles. The average molecular weight is 396 g/mol. The summed E-state index contributed by atoms with van der Waals surface area (Å²) in [5.74, 6) is 1.64. The molecule has 0 radical (unpaired) electrons. The molecule has 0 aliphatic rings. The molecule has 2 rings (SSSR count). The second-order valence-corrected chi connectivity index (χ2v) is 5.96. The highest BCUT2D eigenvalue weighted by atomic mass is 19.3. The molecule has 0 amide bonds. The van der Waals surface area contributed by atoms with Crippen LogP contribution in [0.4, 0.5) is 8.78 Å². The highest BCUT2D eigenvalue weighted by molar-refractivity contribution is 5.79. The van der Waals surface area contributed by atoms with Gasteiger partial charge in [-0.05, 0) is 33.3 Å². The van der Waals surface area contributed by atoms with Crippen LogP contribution in [-0.4, -0.2) is 37.9 Å². The lowest BCUT2D eigenvalue weighted by molar-refractivity contribution is -0.0520. The maximum absolute atomic E-state index is 12.8. The minimum Gasteiger partial charge on any atom is -0.490 e. The molecule has 7 nitrogen and oxygen atoms in total. The lowest BCUT2D eigenvalue weighted by atomic mass is 10.1. The Hall–Kier alpha value is -2.84. The van der Waals surface area contributed by atoms with Gasteiger partial charge < -0.3 is 24.6 Å². The molecule has 1 heterocycles. The van der Waals surface area contributed by atoms with Crippen molar-refractivity contribution in [2.45, 2.75) is 40.3 Å². The van der Waals surface area contributed by atoms with Crippen molar-refractivity contribution in [3.63, 3.8) is 0 Å². The third kappa shape index (κ3) is 5.83. The first kappa shape index (κ1) is 21.5. The number of halogens is 2. The van der Waals surface area contributed by atoms with E-state index < -0.39 is 6.61 Å². The van der Waals surface area contributed by atoms with Crippen molar-refractivity contribution in [3.8, 4) is 11.5 Å². The van der Waals surface area contributed by atoms with Gasteiger partial charge in [0.15, 0.2) is 17.5 Å². The van der Waals surface area contributed by atoms with Crippen LogP contribution < -0.4 is 20.1 Å². The molecule has 0 aliphatic carbocycles. The third-order valence-corrected chi connectivity index (χ3v) is 4.09. The zero-order chi connectivity index (χ0) is 20.5. The first-order valence-electron chi connectivity index (χ1n) is 9.02. The summed E-state index contributed by atoms with van der Waals surface area (Å²) in [6.07, 6.45) is 0.724. The molecular formula is C19H26F2N4O3. The van der Waals surface area contributed by atoms with Crippen molar-refractivity contribution in [1.82, 2.24) is 15.8 Å². The molecule has 0 fully saturated rings. The highest BCUT2D eigenvalue weighted by Gasteiger charge is 2.16. The van der Waals surface area contributed by atoms with Gasteiger partial charge in [-0.2, -0.15) is 8.78 Å². The minimum atomic E-state index is -2.94. The van der Waals surface area contributed by atoms with Gasteiger partial charge in [0.25, 0.3) is 0 Å². The van der Waals surface area contributed by atoms with Crippen molar-refractivity contribution in [1.29, 1.82) is 0 Å². The summed E-state index contributed by atoms with van der Waals surface area (Å²) in [6, 6.07) is 5.03. The number of para-hydroxylation sites is 1. The van der Waals surface area contributed by atoms with E-state index in [1.165, 1.54) is 0 Å². The third-order valence-electron chi connectivity index (χ3n) is 4.09. The minimum absolute atomic E-state index is 0.0259. The van der Waals surface area contributed by atoms with Crippen LogP contribution in [0, 0.1) is 13.8 Å². The Bertz CT molecular complexity index is 774. The molecular weight excluding hydrogens is 370 g/mol. The summed E-state index contributed by atoms with van der Waals surface area (Å²) in [7, 11) is 1.64. The lowest BCUT2D eigenvalue weighted by Gasteiger charge is -2.17. The molecule has 0 saturated carbocycles. The van der Waals surface area contributed by atoms with Gasteiger partial charge in [0, 0.05) is 31.3 Å². The normalized spacial score (nSPS) is 11.6. The smallest absolute Gasteiger partial charge is 0.387 e. The Morgan fingerprint density at radius 1 is 1.29 bits per heavy atom. The maximum atomic E-state index is 12.8. The fourth-order valence-electron chi connectivity index (χ4n) is 2.76. The fraction of sp³-hybridized carbons (Fsp3) is 0.474. The zero-order valence-electron chi connectivity index (χ0n) is 16.5. The number of hydrogen-bond donors (Lipinski definition) is 2. The summed E-state index contributed by atoms with van der Waals surface area (Å²) in [6.45, 7) is 3.82. The van der Waals surface area contributed by atoms with Crippen LogP contribution in [0.15, 0.2) is 27.7 Å². The number of aliphatic imine (C=N–C) groups is 1. The van der Waals surface area contributed by atoms with E-state index in [2.05, 4.69) is 25.5 Å². The SMILES string of the molecule is CCOc1cccc(CNC(=NC)NCCc2c(C)noc2C)c1OC(F)F. The van der Waals surface area contributed by atoms with E-state index in [1.54, 1.807) is 32.2 Å². The van der Waals surface area contributed by atoms with E-state index in [0.717, 1.165) is 23.4 Å². The molecule has 0 aliphatic heterocycles. The molecule has 0 bridgehead atoms. The quantitative estimate of drug-likeness (QED) is 0.501. The molecule has 0 spiro atoms. The van der Waals surface area contributed by atoms with Crippen molar-refractivity contribution in [2.75, 3.05) is 20.2 Å². The topological polar surface area (TPSA) is 80.9 Å². The number of rotatable bonds is 9. The second kappa shape index (κ2) is 10.5. The number of ether oxygens (including phenoxy) is 2. The zero-order valence-corrected chi connectivity index (χ0v) is 16.5. The van der Waals surface area contributed by atoms with Crippen LogP contribution in [0.2, 0.25) is 0 Å². The van der Waals surface area contributed by atoms with Gasteiger partial charge in [0.1, 0.15) is 5.76 Å². The van der Waals surface area contributed by atoms with Gasteiger partial charge in [-0.3, -0.25) is 4.99 Å². The van der Waals surface area contributed by atoms with Crippen LogP contribution in [0.25, 0.3) is 0 Å². The van der Waals surface area contributed by atoms with E-state index in [1.807, 2.05) is 13.8 Å². The van der Waals surface area contributed by atoms with Gasteiger partial charge in [-0.1, -0.05) is 17.3 Å². The van der Waals surface area contributed by atoms with Gasteiger partial charge in [0.05, 0.1) is 12.3 Å². The van der Waals surface area contributed by atoms with Crippen molar-refractivity contribution in [2.24, 2.45) is 4.99 Å². The van der Waals surface area contributed by atoms with Crippen LogP contribution >= 0.6 is 0 Å². The Labute approximate surface area is 163 Å². The molecule has 2 aromatic rings. The first-order valence-corrected chi connectivity index (χ1v) is 9.02. The van der Waals surface area contributed by atoms with Gasteiger partial charge in [-0.25, -0.2) is 0 Å². The van der Waals surface area contributed by atoms with Crippen molar-refractivity contribution >= 4 is 5.96 Å². The number of benzene rings is 1. The molecule has 0 atom stereocenters. The molecule has 2 N–H and O–H groups in total. The standard InChI is InChI=1S/C19H26F2N4O3/c1-5-26-16-8-6-7-14(17(16)27-18(20)21)11-24-19(22-4)23-10-9-15-12(2)25-28-13(15)3/h6-8,18H,5,9-11H2,1-4H3,(H2,22,23,24). The Morgan fingerprint density at radius 2 is 2.07 bits per heavy atom. The Kier molecular flexibility index (Phi) is 8.03. The predicted octanol–water partition coefficient (Wildman–Crippen LogP) is 3.20. The van der Waals surface area contributed by atoms with Crippen molar-refractivity contribution < 1.29 is 22.8 Å². The summed E-state index contributed by atoms with van der Waals surface area (Å²) >= 11 is 0. The van der Waals surface area contributed by atoms with Gasteiger partial charge in [-0.15, -0.1) is 0 Å². The fourth-order valence-corrected chi connectivity index (χ4v) is 2.76. The largest absolute Gasteiger partial charge is 0.490 e. The lowest BCUT2D eigenvalue weighted by Crippen LogP contribution is -2.38. The molecule has 9 heteroatoms. The monoisotopic (exact) mass is 396 g/mol. The van der Waals surface area contributed by atoms with Crippen molar-refractivity contribution in [3.05, 3.63) is 40.8 Å². The van der Waals surface area contributed by atoms with E-state index in [-0.39, 0.29) is 18.0 Å². The number of aryl methyl sites for hydroxylation is 2. The van der Waals surface area contributed by atoms with Crippen LogP contribution in [-0.2, 0) is 13.0 Å². The van der Waals surface area contributed by atoms with Gasteiger partial charge >= 0.3 is 6.61 Å².